The first kappa shape index (κ1) is 16.9. The van der Waals surface area contributed by atoms with Gasteiger partial charge in [-0.25, -0.2) is 0 Å². The van der Waals surface area contributed by atoms with Crippen LogP contribution in [0.2, 0.25) is 0 Å². The van der Waals surface area contributed by atoms with E-state index in [0.29, 0.717) is 18.0 Å². The minimum Gasteiger partial charge on any atom is -0.435 e. The fraction of sp³-hybridized carbons (Fsp3) is 0.368. The Morgan fingerprint density at radius 1 is 1.08 bits per heavy atom. The highest BCUT2D eigenvalue weighted by Crippen LogP contribution is 2.28. The van der Waals surface area contributed by atoms with Crippen LogP contribution in [0.15, 0.2) is 54.6 Å². The van der Waals surface area contributed by atoms with Gasteiger partial charge in [-0.1, -0.05) is 42.5 Å². The second-order valence-electron chi connectivity index (χ2n) is 6.12. The van der Waals surface area contributed by atoms with Crippen molar-refractivity contribution < 1.29 is 18.6 Å². The number of ether oxygens (including phenoxy) is 1. The summed E-state index contributed by atoms with van der Waals surface area (Å²) in [6, 6.07) is 16.6. The molecule has 1 aliphatic heterocycles. The number of alkyl halides is 2. The third-order valence-electron chi connectivity index (χ3n) is 4.46. The molecule has 0 aromatic heterocycles. The second-order valence-corrected chi connectivity index (χ2v) is 6.12. The number of benzene rings is 2. The van der Waals surface area contributed by atoms with Crippen molar-refractivity contribution in [3.05, 3.63) is 65.7 Å². The van der Waals surface area contributed by atoms with E-state index in [2.05, 4.69) is 33.9 Å². The molecule has 0 amide bonds. The van der Waals surface area contributed by atoms with Gasteiger partial charge in [0.05, 0.1) is 6.10 Å². The minimum atomic E-state index is -2.83. The topological polar surface area (TPSA) is 32.7 Å². The highest BCUT2D eigenvalue weighted by molar-refractivity contribution is 5.29. The smallest absolute Gasteiger partial charge is 0.387 e. The average molecular weight is 333 g/mol. The summed E-state index contributed by atoms with van der Waals surface area (Å²) < 4.78 is 28.6. The molecule has 2 atom stereocenters. The highest BCUT2D eigenvalue weighted by Gasteiger charge is 2.25. The predicted molar refractivity (Wildman–Crippen MR) is 88.3 cm³/mol. The van der Waals surface area contributed by atoms with Gasteiger partial charge in [0.1, 0.15) is 5.75 Å². The van der Waals surface area contributed by atoms with E-state index in [1.54, 1.807) is 12.1 Å². The Kier molecular flexibility index (Phi) is 5.43. The molecule has 1 saturated heterocycles. The standard InChI is InChI=1S/C19H21F2NO2/c20-19(21)24-17-8-6-15(7-9-17)18(23)13-22-11-10-16(12-22)14-4-2-1-3-5-14/h1-9,16,18-19,23H,10-13H2/t16-,18-/m1/s1. The van der Waals surface area contributed by atoms with Crippen molar-refractivity contribution >= 4 is 0 Å². The van der Waals surface area contributed by atoms with Gasteiger partial charge >= 0.3 is 6.61 Å². The van der Waals surface area contributed by atoms with E-state index in [4.69, 9.17) is 0 Å². The Morgan fingerprint density at radius 3 is 2.46 bits per heavy atom. The Balaban J connectivity index is 1.54. The number of hydrogen-bond acceptors (Lipinski definition) is 3. The van der Waals surface area contributed by atoms with Crippen LogP contribution in [0.1, 0.15) is 29.6 Å². The molecular formula is C19H21F2NO2. The first-order valence-corrected chi connectivity index (χ1v) is 8.12. The number of halogens is 2. The van der Waals surface area contributed by atoms with Crippen LogP contribution in [-0.2, 0) is 0 Å². The molecule has 3 rings (SSSR count). The van der Waals surface area contributed by atoms with Crippen LogP contribution in [0, 0.1) is 0 Å². The van der Waals surface area contributed by atoms with Gasteiger partial charge in [-0.05, 0) is 42.1 Å². The predicted octanol–water partition coefficient (Wildman–Crippen LogP) is 3.81. The molecule has 1 aliphatic rings. The number of aliphatic hydroxyl groups excluding tert-OH is 1. The van der Waals surface area contributed by atoms with E-state index in [-0.39, 0.29) is 5.75 Å². The molecule has 0 spiro atoms. The van der Waals surface area contributed by atoms with Crippen LogP contribution in [0.25, 0.3) is 0 Å². The monoisotopic (exact) mass is 333 g/mol. The van der Waals surface area contributed by atoms with Crippen molar-refractivity contribution in [3.63, 3.8) is 0 Å². The Hall–Kier alpha value is -1.98. The van der Waals surface area contributed by atoms with Gasteiger partial charge in [0.25, 0.3) is 0 Å². The number of rotatable bonds is 6. The van der Waals surface area contributed by atoms with Gasteiger partial charge in [-0.15, -0.1) is 0 Å². The lowest BCUT2D eigenvalue weighted by atomic mass is 9.99. The third-order valence-corrected chi connectivity index (χ3v) is 4.46. The molecular weight excluding hydrogens is 312 g/mol. The molecule has 1 N–H and O–H groups in total. The summed E-state index contributed by atoms with van der Waals surface area (Å²) in [5.41, 5.74) is 2.04. The third kappa shape index (κ3) is 4.30. The molecule has 0 unspecified atom stereocenters. The number of nitrogens with zero attached hydrogens (tertiary/aromatic N) is 1. The van der Waals surface area contributed by atoms with Gasteiger partial charge < -0.3 is 9.84 Å². The maximum atomic E-state index is 12.1. The van der Waals surface area contributed by atoms with Crippen LogP contribution in [0.4, 0.5) is 8.78 Å². The second kappa shape index (κ2) is 7.73. The summed E-state index contributed by atoms with van der Waals surface area (Å²) in [5.74, 6) is 0.603. The molecule has 3 nitrogen and oxygen atoms in total. The summed E-state index contributed by atoms with van der Waals surface area (Å²) in [5, 5.41) is 10.4. The Labute approximate surface area is 140 Å². The van der Waals surface area contributed by atoms with Crippen molar-refractivity contribution in [3.8, 4) is 5.75 Å². The molecule has 24 heavy (non-hydrogen) atoms. The first-order valence-electron chi connectivity index (χ1n) is 8.12. The summed E-state index contributed by atoms with van der Waals surface area (Å²) >= 11 is 0. The van der Waals surface area contributed by atoms with Crippen molar-refractivity contribution in [2.75, 3.05) is 19.6 Å². The van der Waals surface area contributed by atoms with E-state index in [0.717, 1.165) is 19.5 Å². The maximum Gasteiger partial charge on any atom is 0.387 e. The Morgan fingerprint density at radius 2 is 1.79 bits per heavy atom. The average Bonchev–Trinajstić information content (AvgIpc) is 3.04. The van der Waals surface area contributed by atoms with Gasteiger partial charge in [0, 0.05) is 13.1 Å². The zero-order valence-electron chi connectivity index (χ0n) is 13.3. The lowest BCUT2D eigenvalue weighted by molar-refractivity contribution is -0.0498. The van der Waals surface area contributed by atoms with Crippen LogP contribution in [0.5, 0.6) is 5.75 Å². The van der Waals surface area contributed by atoms with Crippen LogP contribution >= 0.6 is 0 Å². The summed E-state index contributed by atoms with van der Waals surface area (Å²) in [6.07, 6.45) is 0.442. The van der Waals surface area contributed by atoms with E-state index in [1.165, 1.54) is 17.7 Å². The van der Waals surface area contributed by atoms with Gasteiger partial charge in [0.15, 0.2) is 0 Å². The van der Waals surface area contributed by atoms with Gasteiger partial charge in [-0.2, -0.15) is 8.78 Å². The molecule has 5 heteroatoms. The fourth-order valence-electron chi connectivity index (χ4n) is 3.22. The fourth-order valence-corrected chi connectivity index (χ4v) is 3.22. The normalized spacial score (nSPS) is 19.6. The molecule has 2 aromatic carbocycles. The SMILES string of the molecule is O[C@H](CN1CC[C@@H](c2ccccc2)C1)c1ccc(OC(F)F)cc1. The van der Waals surface area contributed by atoms with Crippen molar-refractivity contribution in [1.82, 2.24) is 4.90 Å². The molecule has 0 bridgehead atoms. The molecule has 1 fully saturated rings. The molecule has 1 heterocycles. The molecule has 2 aromatic rings. The zero-order valence-corrected chi connectivity index (χ0v) is 13.3. The van der Waals surface area contributed by atoms with Crippen LogP contribution in [-0.4, -0.2) is 36.3 Å². The van der Waals surface area contributed by atoms with Crippen molar-refractivity contribution in [1.29, 1.82) is 0 Å². The van der Waals surface area contributed by atoms with E-state index in [9.17, 15) is 13.9 Å². The highest BCUT2D eigenvalue weighted by atomic mass is 19.3. The lowest BCUT2D eigenvalue weighted by Gasteiger charge is -2.20. The molecule has 0 aliphatic carbocycles. The van der Waals surface area contributed by atoms with E-state index < -0.39 is 12.7 Å². The van der Waals surface area contributed by atoms with Gasteiger partial charge in [0.2, 0.25) is 0 Å². The molecule has 0 radical (unpaired) electrons. The van der Waals surface area contributed by atoms with E-state index in [1.807, 2.05) is 6.07 Å². The zero-order chi connectivity index (χ0) is 16.9. The van der Waals surface area contributed by atoms with Gasteiger partial charge in [-0.3, -0.25) is 4.90 Å². The number of hydrogen-bond donors (Lipinski definition) is 1. The largest absolute Gasteiger partial charge is 0.435 e. The van der Waals surface area contributed by atoms with Crippen molar-refractivity contribution in [2.24, 2.45) is 0 Å². The summed E-state index contributed by atoms with van der Waals surface area (Å²) in [6.45, 7) is -0.421. The van der Waals surface area contributed by atoms with Crippen molar-refractivity contribution in [2.45, 2.75) is 25.1 Å². The maximum absolute atomic E-state index is 12.1. The Bertz CT molecular complexity index is 634. The van der Waals surface area contributed by atoms with Crippen LogP contribution in [0.3, 0.4) is 0 Å². The van der Waals surface area contributed by atoms with Crippen LogP contribution < -0.4 is 4.74 Å². The van der Waals surface area contributed by atoms with E-state index >= 15 is 0 Å². The quantitative estimate of drug-likeness (QED) is 0.872. The molecule has 0 saturated carbocycles. The number of β-amino-alcohol motifs (C(OH)–C–C–N with tert-alkyl or cyclic N) is 1. The number of likely N-dealkylation sites (tertiary alicyclic amines) is 1. The summed E-state index contributed by atoms with van der Waals surface area (Å²) in [4.78, 5) is 2.24. The molecule has 128 valence electrons. The number of aliphatic hydroxyl groups is 1. The minimum absolute atomic E-state index is 0.103. The summed E-state index contributed by atoms with van der Waals surface area (Å²) in [7, 11) is 0. The lowest BCUT2D eigenvalue weighted by Crippen LogP contribution is -2.26. The first-order chi connectivity index (χ1) is 11.6.